The predicted octanol–water partition coefficient (Wildman–Crippen LogP) is 5.46. The summed E-state index contributed by atoms with van der Waals surface area (Å²) in [4.78, 5) is 28.4. The molecule has 1 atom stereocenters. The lowest BCUT2D eigenvalue weighted by molar-refractivity contribution is -0.141. The Morgan fingerprint density at radius 1 is 0.865 bits per heavy atom. The largest absolute Gasteiger partial charge is 0.490 e. The highest BCUT2D eigenvalue weighted by atomic mass is 35.5. The van der Waals surface area contributed by atoms with Crippen molar-refractivity contribution in [1.29, 1.82) is 0 Å². The van der Waals surface area contributed by atoms with Gasteiger partial charge in [-0.2, -0.15) is 0 Å². The molecule has 0 radical (unpaired) electrons. The second-order valence-corrected chi connectivity index (χ2v) is 9.05. The average Bonchev–Trinajstić information content (AvgIpc) is 2.92. The first-order valence-electron chi connectivity index (χ1n) is 12.6. The van der Waals surface area contributed by atoms with E-state index in [0.29, 0.717) is 49.1 Å². The zero-order chi connectivity index (χ0) is 26.6. The molecule has 0 spiro atoms. The molecule has 0 aliphatic rings. The van der Waals surface area contributed by atoms with Crippen molar-refractivity contribution in [2.75, 3.05) is 20.3 Å². The molecule has 0 aliphatic carbocycles. The molecule has 3 aromatic rings. The lowest BCUT2D eigenvalue weighted by Crippen LogP contribution is -2.49. The van der Waals surface area contributed by atoms with Crippen LogP contribution in [0.25, 0.3) is 0 Å². The molecule has 3 rings (SSSR count). The molecular weight excluding hydrogens is 488 g/mol. The highest BCUT2D eigenvalue weighted by Crippen LogP contribution is 2.29. The van der Waals surface area contributed by atoms with Crippen LogP contribution in [0.15, 0.2) is 72.8 Å². The Labute approximate surface area is 224 Å². The minimum Gasteiger partial charge on any atom is -0.490 e. The number of halogens is 1. The fourth-order valence-electron chi connectivity index (χ4n) is 4.15. The summed E-state index contributed by atoms with van der Waals surface area (Å²) in [6.07, 6.45) is 1.17. The maximum Gasteiger partial charge on any atom is 0.242 e. The fourth-order valence-corrected chi connectivity index (χ4v) is 4.28. The third kappa shape index (κ3) is 8.25. The van der Waals surface area contributed by atoms with Crippen LogP contribution in [-0.4, -0.2) is 43.0 Å². The minimum atomic E-state index is -0.658. The van der Waals surface area contributed by atoms with E-state index in [1.54, 1.807) is 24.1 Å². The second kappa shape index (κ2) is 14.3. The van der Waals surface area contributed by atoms with Crippen LogP contribution in [-0.2, 0) is 29.0 Å². The lowest BCUT2D eigenvalue weighted by atomic mass is 10.0. The smallest absolute Gasteiger partial charge is 0.242 e. The van der Waals surface area contributed by atoms with Gasteiger partial charge in [0, 0.05) is 31.5 Å². The average molecular weight is 523 g/mol. The molecule has 0 heterocycles. The van der Waals surface area contributed by atoms with Crippen molar-refractivity contribution in [3.8, 4) is 11.5 Å². The Hall–Kier alpha value is -3.51. The summed E-state index contributed by atoms with van der Waals surface area (Å²) in [5.41, 5.74) is 2.85. The topological polar surface area (TPSA) is 67.9 Å². The number of amides is 2. The normalized spacial score (nSPS) is 11.5. The molecule has 7 heteroatoms. The second-order valence-electron chi connectivity index (χ2n) is 8.61. The summed E-state index contributed by atoms with van der Waals surface area (Å²) in [5, 5.41) is 3.36. The van der Waals surface area contributed by atoms with Crippen molar-refractivity contribution < 1.29 is 19.1 Å². The zero-order valence-electron chi connectivity index (χ0n) is 21.7. The number of benzene rings is 3. The monoisotopic (exact) mass is 522 g/mol. The van der Waals surface area contributed by atoms with E-state index >= 15 is 0 Å². The first kappa shape index (κ1) is 28.1. The molecular formula is C30H35ClN2O4. The van der Waals surface area contributed by atoms with E-state index in [9.17, 15) is 9.59 Å². The molecule has 196 valence electrons. The number of carbonyl (C=O) groups is 2. The van der Waals surface area contributed by atoms with Gasteiger partial charge in [0.25, 0.3) is 0 Å². The number of hydrogen-bond donors (Lipinski definition) is 1. The maximum atomic E-state index is 13.7. The van der Waals surface area contributed by atoms with Gasteiger partial charge in [0.2, 0.25) is 11.8 Å². The van der Waals surface area contributed by atoms with Crippen LogP contribution in [0.4, 0.5) is 0 Å². The molecule has 0 fully saturated rings. The standard InChI is InChI=1S/C30H35ClN2O4/c1-4-36-27-17-13-23(20-28(27)37-5-2)14-18-29(34)33(21-24-11-15-25(31)16-12-24)26(30(35)32-3)19-22-9-7-6-8-10-22/h6-13,15-17,20,26H,4-5,14,18-19,21H2,1-3H3,(H,32,35)/t26-/m1/s1. The van der Waals surface area contributed by atoms with Crippen LogP contribution < -0.4 is 14.8 Å². The zero-order valence-corrected chi connectivity index (χ0v) is 22.5. The van der Waals surface area contributed by atoms with E-state index in [1.807, 2.05) is 74.5 Å². The summed E-state index contributed by atoms with van der Waals surface area (Å²) in [5.74, 6) is 1.04. The summed E-state index contributed by atoms with van der Waals surface area (Å²) < 4.78 is 11.4. The SMILES string of the molecule is CCOc1ccc(CCC(=O)N(Cc2ccc(Cl)cc2)[C@H](Cc2ccccc2)C(=O)NC)cc1OCC. The lowest BCUT2D eigenvalue weighted by Gasteiger charge is -2.31. The Bertz CT molecular complexity index is 1150. The van der Waals surface area contributed by atoms with E-state index in [-0.39, 0.29) is 18.2 Å². The van der Waals surface area contributed by atoms with Crippen LogP contribution in [0.1, 0.15) is 37.0 Å². The molecule has 2 amide bonds. The van der Waals surface area contributed by atoms with Crippen molar-refractivity contribution in [3.05, 3.63) is 94.5 Å². The number of hydrogen-bond acceptors (Lipinski definition) is 4. The molecule has 0 unspecified atom stereocenters. The molecule has 0 saturated carbocycles. The van der Waals surface area contributed by atoms with E-state index in [2.05, 4.69) is 5.32 Å². The first-order chi connectivity index (χ1) is 17.9. The first-order valence-corrected chi connectivity index (χ1v) is 13.0. The Morgan fingerprint density at radius 3 is 2.16 bits per heavy atom. The van der Waals surface area contributed by atoms with Crippen LogP contribution >= 0.6 is 11.6 Å². The number of rotatable bonds is 13. The highest BCUT2D eigenvalue weighted by Gasteiger charge is 2.29. The van der Waals surface area contributed by atoms with Crippen molar-refractivity contribution in [2.45, 2.75) is 45.7 Å². The maximum absolute atomic E-state index is 13.7. The van der Waals surface area contributed by atoms with Gasteiger partial charge >= 0.3 is 0 Å². The fraction of sp³-hybridized carbons (Fsp3) is 0.333. The van der Waals surface area contributed by atoms with Gasteiger partial charge < -0.3 is 19.7 Å². The number of nitrogens with zero attached hydrogens (tertiary/aromatic N) is 1. The van der Waals surface area contributed by atoms with Crippen molar-refractivity contribution >= 4 is 23.4 Å². The van der Waals surface area contributed by atoms with Crippen molar-refractivity contribution in [2.24, 2.45) is 0 Å². The van der Waals surface area contributed by atoms with Crippen LogP contribution in [0.2, 0.25) is 5.02 Å². The number of nitrogens with one attached hydrogen (secondary N) is 1. The Kier molecular flexibility index (Phi) is 10.8. The van der Waals surface area contributed by atoms with Crippen LogP contribution in [0, 0.1) is 0 Å². The van der Waals surface area contributed by atoms with Gasteiger partial charge in [0.15, 0.2) is 11.5 Å². The molecule has 0 bridgehead atoms. The molecule has 6 nitrogen and oxygen atoms in total. The van der Waals surface area contributed by atoms with Gasteiger partial charge in [-0.25, -0.2) is 0 Å². The molecule has 3 aromatic carbocycles. The quantitative estimate of drug-likeness (QED) is 0.324. The third-order valence-electron chi connectivity index (χ3n) is 6.02. The highest BCUT2D eigenvalue weighted by molar-refractivity contribution is 6.30. The van der Waals surface area contributed by atoms with Gasteiger partial charge in [-0.3, -0.25) is 9.59 Å². The molecule has 0 aliphatic heterocycles. The van der Waals surface area contributed by atoms with Gasteiger partial charge in [-0.05, 0) is 61.2 Å². The molecule has 0 saturated heterocycles. The minimum absolute atomic E-state index is 0.105. The predicted molar refractivity (Wildman–Crippen MR) is 147 cm³/mol. The van der Waals surface area contributed by atoms with E-state index in [0.717, 1.165) is 16.7 Å². The molecule has 1 N–H and O–H groups in total. The van der Waals surface area contributed by atoms with Crippen LogP contribution in [0.5, 0.6) is 11.5 Å². The van der Waals surface area contributed by atoms with Gasteiger partial charge in [-0.1, -0.05) is 60.1 Å². The summed E-state index contributed by atoms with van der Waals surface area (Å²) >= 11 is 6.07. The van der Waals surface area contributed by atoms with Crippen molar-refractivity contribution in [3.63, 3.8) is 0 Å². The van der Waals surface area contributed by atoms with Gasteiger partial charge in [-0.15, -0.1) is 0 Å². The molecule has 37 heavy (non-hydrogen) atoms. The van der Waals surface area contributed by atoms with Gasteiger partial charge in [0.1, 0.15) is 6.04 Å². The van der Waals surface area contributed by atoms with Crippen LogP contribution in [0.3, 0.4) is 0 Å². The third-order valence-corrected chi connectivity index (χ3v) is 6.27. The summed E-state index contributed by atoms with van der Waals surface area (Å²) in [6.45, 7) is 5.21. The van der Waals surface area contributed by atoms with Gasteiger partial charge in [0.05, 0.1) is 13.2 Å². The summed E-state index contributed by atoms with van der Waals surface area (Å²) in [7, 11) is 1.60. The van der Waals surface area contributed by atoms with E-state index < -0.39 is 6.04 Å². The number of aryl methyl sites for hydroxylation is 1. The number of likely N-dealkylation sites (N-methyl/N-ethyl adjacent to an activating group) is 1. The Balaban J connectivity index is 1.85. The van der Waals surface area contributed by atoms with E-state index in [1.165, 1.54) is 0 Å². The Morgan fingerprint density at radius 2 is 1.51 bits per heavy atom. The summed E-state index contributed by atoms with van der Waals surface area (Å²) in [6, 6.07) is 22.2. The van der Waals surface area contributed by atoms with Crippen molar-refractivity contribution in [1.82, 2.24) is 10.2 Å². The van der Waals surface area contributed by atoms with E-state index in [4.69, 9.17) is 21.1 Å². The number of ether oxygens (including phenoxy) is 2. The molecule has 0 aromatic heterocycles. The number of carbonyl (C=O) groups excluding carboxylic acids is 2.